The van der Waals surface area contributed by atoms with E-state index in [9.17, 15) is 22.8 Å². The van der Waals surface area contributed by atoms with Crippen molar-refractivity contribution in [1.82, 2.24) is 20.1 Å². The highest BCUT2D eigenvalue weighted by Gasteiger charge is 2.36. The van der Waals surface area contributed by atoms with Crippen molar-refractivity contribution in [3.8, 4) is 0 Å². The molecule has 4 amide bonds. The lowest BCUT2D eigenvalue weighted by Crippen LogP contribution is -2.57. The Kier molecular flexibility index (Phi) is 10.4. The maximum absolute atomic E-state index is 14.0. The van der Waals surface area contributed by atoms with Gasteiger partial charge in [-0.05, 0) is 30.2 Å². The number of urea groups is 1. The van der Waals surface area contributed by atoms with Crippen LogP contribution in [0.15, 0.2) is 52.9 Å². The molecule has 1 aliphatic rings. The zero-order chi connectivity index (χ0) is 29.4. The molecule has 1 fully saturated rings. The number of oxazole rings is 1. The van der Waals surface area contributed by atoms with E-state index in [1.807, 2.05) is 6.92 Å². The number of fused-ring (bicyclic) bond motifs is 1. The number of benzene rings is 2. The van der Waals surface area contributed by atoms with Crippen LogP contribution in [-0.2, 0) is 25.1 Å². The van der Waals surface area contributed by atoms with Crippen LogP contribution in [0.3, 0.4) is 0 Å². The molecule has 13 heteroatoms. The maximum Gasteiger partial charge on any atom is 0.318 e. The average molecular weight is 605 g/mol. The number of halogens is 1. The second-order valence-electron chi connectivity index (χ2n) is 9.74. The smallest absolute Gasteiger partial charge is 0.318 e. The van der Waals surface area contributed by atoms with Gasteiger partial charge >= 0.3 is 11.9 Å². The van der Waals surface area contributed by atoms with Crippen molar-refractivity contribution in [2.24, 2.45) is 0 Å². The van der Waals surface area contributed by atoms with E-state index in [-0.39, 0.29) is 30.5 Å². The first kappa shape index (κ1) is 30.5. The van der Waals surface area contributed by atoms with Gasteiger partial charge in [-0.2, -0.15) is 0 Å². The number of para-hydroxylation sites is 2. The van der Waals surface area contributed by atoms with Crippen molar-refractivity contribution in [2.45, 2.75) is 38.0 Å². The van der Waals surface area contributed by atoms with E-state index in [0.29, 0.717) is 36.3 Å². The predicted molar refractivity (Wildman–Crippen MR) is 153 cm³/mol. The molecule has 0 bridgehead atoms. The standard InChI is InChI=1S/C28H33ClN4O7S/c1-2-3-8-13-33(27(35)25-30-22-11-6-7-12-24(22)40-25)26(34)23(31-28(36)32-14-16-39-17-15-32)19-41(37,38)18-20-9-4-5-10-21(20)29/h4-7,9-12,23H,2-3,8,13-19H2,1H3,(H,31,36). The zero-order valence-corrected chi connectivity index (χ0v) is 24.3. The summed E-state index contributed by atoms with van der Waals surface area (Å²) >= 11 is 6.19. The number of nitrogens with one attached hydrogen (secondary N) is 1. The Morgan fingerprint density at radius 3 is 2.49 bits per heavy atom. The van der Waals surface area contributed by atoms with E-state index in [4.69, 9.17) is 20.8 Å². The van der Waals surface area contributed by atoms with Gasteiger partial charge in [0, 0.05) is 24.7 Å². The second kappa shape index (κ2) is 13.9. The number of hydrogen-bond donors (Lipinski definition) is 1. The minimum absolute atomic E-state index is 0.00127. The molecule has 1 unspecified atom stereocenters. The lowest BCUT2D eigenvalue weighted by atomic mass is 10.2. The molecule has 4 rings (SSSR count). The summed E-state index contributed by atoms with van der Waals surface area (Å²) in [6.45, 7) is 3.16. The summed E-state index contributed by atoms with van der Waals surface area (Å²) in [6.07, 6.45) is 2.02. The lowest BCUT2D eigenvalue weighted by Gasteiger charge is -2.30. The summed E-state index contributed by atoms with van der Waals surface area (Å²) in [5, 5.41) is 2.84. The highest BCUT2D eigenvalue weighted by molar-refractivity contribution is 7.90. The van der Waals surface area contributed by atoms with Gasteiger partial charge in [0.15, 0.2) is 15.4 Å². The van der Waals surface area contributed by atoms with Gasteiger partial charge in [0.25, 0.3) is 11.8 Å². The quantitative estimate of drug-likeness (QED) is 0.327. The first-order chi connectivity index (χ1) is 19.7. The number of carbonyl (C=O) groups excluding carboxylic acids is 3. The monoisotopic (exact) mass is 604 g/mol. The van der Waals surface area contributed by atoms with Crippen molar-refractivity contribution in [3.63, 3.8) is 0 Å². The average Bonchev–Trinajstić information content (AvgIpc) is 3.40. The first-order valence-corrected chi connectivity index (χ1v) is 15.7. The molecule has 1 aliphatic heterocycles. The number of unbranched alkanes of at least 4 members (excludes halogenated alkanes) is 2. The highest BCUT2D eigenvalue weighted by Crippen LogP contribution is 2.20. The molecule has 0 aliphatic carbocycles. The van der Waals surface area contributed by atoms with Crippen LogP contribution in [0.2, 0.25) is 5.02 Å². The van der Waals surface area contributed by atoms with Crippen LogP contribution in [0.25, 0.3) is 11.1 Å². The molecular formula is C28H33ClN4O7S. The van der Waals surface area contributed by atoms with Gasteiger partial charge in [-0.1, -0.05) is 61.7 Å². The number of ether oxygens (including phenoxy) is 1. The Morgan fingerprint density at radius 1 is 1.07 bits per heavy atom. The molecule has 11 nitrogen and oxygen atoms in total. The summed E-state index contributed by atoms with van der Waals surface area (Å²) in [5.74, 6) is -3.15. The summed E-state index contributed by atoms with van der Waals surface area (Å²) in [7, 11) is -3.99. The predicted octanol–water partition coefficient (Wildman–Crippen LogP) is 3.67. The summed E-state index contributed by atoms with van der Waals surface area (Å²) < 4.78 is 37.6. The van der Waals surface area contributed by atoms with Crippen LogP contribution in [-0.4, -0.2) is 85.7 Å². The number of morpholine rings is 1. The third-order valence-corrected chi connectivity index (χ3v) is 8.58. The van der Waals surface area contributed by atoms with Gasteiger partial charge in [-0.15, -0.1) is 0 Å². The van der Waals surface area contributed by atoms with Crippen molar-refractivity contribution < 1.29 is 32.0 Å². The summed E-state index contributed by atoms with van der Waals surface area (Å²) in [5.41, 5.74) is 1.18. The minimum atomic E-state index is -3.99. The molecule has 1 saturated heterocycles. The fraction of sp³-hybridized carbons (Fsp3) is 0.429. The molecule has 2 heterocycles. The lowest BCUT2D eigenvalue weighted by molar-refractivity contribution is -0.130. The Balaban J connectivity index is 1.63. The Bertz CT molecular complexity index is 1450. The van der Waals surface area contributed by atoms with Crippen LogP contribution in [0, 0.1) is 0 Å². The largest absolute Gasteiger partial charge is 0.432 e. The van der Waals surface area contributed by atoms with Gasteiger partial charge in [-0.3, -0.25) is 14.5 Å². The van der Waals surface area contributed by atoms with Crippen molar-refractivity contribution in [1.29, 1.82) is 0 Å². The van der Waals surface area contributed by atoms with Crippen LogP contribution in [0.4, 0.5) is 4.79 Å². The second-order valence-corrected chi connectivity index (χ2v) is 12.3. The molecule has 220 valence electrons. The van der Waals surface area contributed by atoms with Crippen LogP contribution >= 0.6 is 11.6 Å². The Hall–Kier alpha value is -3.48. The molecular weight excluding hydrogens is 572 g/mol. The number of hydrogen-bond acceptors (Lipinski definition) is 8. The van der Waals surface area contributed by atoms with Gasteiger partial charge in [0.2, 0.25) is 0 Å². The summed E-state index contributed by atoms with van der Waals surface area (Å²) in [4.78, 5) is 47.3. The van der Waals surface area contributed by atoms with Crippen molar-refractivity contribution in [2.75, 3.05) is 38.6 Å². The van der Waals surface area contributed by atoms with Crippen LogP contribution < -0.4 is 5.32 Å². The van der Waals surface area contributed by atoms with E-state index in [1.165, 1.54) is 4.90 Å². The van der Waals surface area contributed by atoms with Crippen molar-refractivity contribution in [3.05, 3.63) is 65.0 Å². The van der Waals surface area contributed by atoms with Crippen LogP contribution in [0.5, 0.6) is 0 Å². The van der Waals surface area contributed by atoms with E-state index in [2.05, 4.69) is 10.3 Å². The van der Waals surface area contributed by atoms with E-state index < -0.39 is 45.2 Å². The number of carbonyl (C=O) groups is 3. The van der Waals surface area contributed by atoms with Crippen molar-refractivity contribution >= 4 is 50.4 Å². The topological polar surface area (TPSA) is 139 Å². The van der Waals surface area contributed by atoms with Gasteiger partial charge < -0.3 is 19.4 Å². The molecule has 1 N–H and O–H groups in total. The van der Waals surface area contributed by atoms with E-state index >= 15 is 0 Å². The van der Waals surface area contributed by atoms with Crippen LogP contribution in [0.1, 0.15) is 42.4 Å². The maximum atomic E-state index is 14.0. The third kappa shape index (κ3) is 8.05. The molecule has 3 aromatic rings. The number of amides is 4. The number of rotatable bonds is 11. The SMILES string of the molecule is CCCCCN(C(=O)c1nc2ccccc2o1)C(=O)C(CS(=O)(=O)Cc1ccccc1Cl)NC(=O)N1CCOCC1. The molecule has 0 saturated carbocycles. The number of aromatic nitrogens is 1. The third-order valence-electron chi connectivity index (χ3n) is 6.62. The molecule has 41 heavy (non-hydrogen) atoms. The fourth-order valence-electron chi connectivity index (χ4n) is 4.45. The van der Waals surface area contributed by atoms with E-state index in [1.54, 1.807) is 48.5 Å². The number of imide groups is 1. The molecule has 0 radical (unpaired) electrons. The summed E-state index contributed by atoms with van der Waals surface area (Å²) in [6, 6.07) is 11.1. The molecule has 0 spiro atoms. The highest BCUT2D eigenvalue weighted by atomic mass is 35.5. The normalized spacial score (nSPS) is 14.5. The number of nitrogens with zero attached hydrogens (tertiary/aromatic N) is 3. The molecule has 2 aromatic carbocycles. The minimum Gasteiger partial charge on any atom is -0.432 e. The fourth-order valence-corrected chi connectivity index (χ4v) is 6.30. The first-order valence-electron chi connectivity index (χ1n) is 13.5. The van der Waals surface area contributed by atoms with Gasteiger partial charge in [0.1, 0.15) is 11.6 Å². The Morgan fingerprint density at radius 2 is 1.78 bits per heavy atom. The van der Waals surface area contributed by atoms with Gasteiger partial charge in [-0.25, -0.2) is 18.2 Å². The molecule has 1 atom stereocenters. The van der Waals surface area contributed by atoms with Gasteiger partial charge in [0.05, 0.1) is 24.7 Å². The van der Waals surface area contributed by atoms with E-state index in [0.717, 1.165) is 17.7 Å². The number of sulfone groups is 1. The molecule has 1 aromatic heterocycles. The zero-order valence-electron chi connectivity index (χ0n) is 22.8. The Labute approximate surface area is 243 Å².